The zero-order valence-electron chi connectivity index (χ0n) is 19.3. The second-order valence-electron chi connectivity index (χ2n) is 7.75. The van der Waals surface area contributed by atoms with E-state index in [1.165, 1.54) is 11.2 Å². The molecule has 1 atom stereocenters. The molecule has 0 saturated heterocycles. The second kappa shape index (κ2) is 10.1. The maximum atomic E-state index is 13.7. The molecule has 0 saturated carbocycles. The molecule has 3 rings (SSSR count). The highest BCUT2D eigenvalue weighted by atomic mass is 35.5. The summed E-state index contributed by atoms with van der Waals surface area (Å²) in [6, 6.07) is 9.30. The van der Waals surface area contributed by atoms with Crippen molar-refractivity contribution in [3.8, 4) is 0 Å². The number of hydrogen-bond donors (Lipinski definition) is 0. The van der Waals surface area contributed by atoms with Gasteiger partial charge in [-0.1, -0.05) is 23.7 Å². The molecule has 0 fully saturated rings. The number of esters is 1. The van der Waals surface area contributed by atoms with Crippen molar-refractivity contribution in [1.82, 2.24) is 9.47 Å². The second-order valence-corrected chi connectivity index (χ2v) is 8.15. The van der Waals surface area contributed by atoms with Crippen LogP contribution < -0.4 is 0 Å². The van der Waals surface area contributed by atoms with E-state index in [1.807, 2.05) is 0 Å². The average molecular weight is 471 g/mol. The third-order valence-corrected chi connectivity index (χ3v) is 6.09. The third-order valence-electron chi connectivity index (χ3n) is 5.76. The number of aromatic nitrogens is 1. The summed E-state index contributed by atoms with van der Waals surface area (Å²) >= 11 is 6.27. The Labute approximate surface area is 197 Å². The van der Waals surface area contributed by atoms with Gasteiger partial charge in [0.2, 0.25) is 0 Å². The Hall–Kier alpha value is -3.32. The summed E-state index contributed by atoms with van der Waals surface area (Å²) in [5.41, 5.74) is 2.15. The van der Waals surface area contributed by atoms with Gasteiger partial charge in [0.25, 0.3) is 5.91 Å². The van der Waals surface area contributed by atoms with Crippen LogP contribution in [-0.4, -0.2) is 39.8 Å². The van der Waals surface area contributed by atoms with Gasteiger partial charge in [0.1, 0.15) is 11.5 Å². The number of carbonyl (C=O) groups excluding carboxylic acids is 3. The van der Waals surface area contributed by atoms with E-state index in [2.05, 4.69) is 0 Å². The van der Waals surface area contributed by atoms with Crippen molar-refractivity contribution >= 4 is 29.3 Å². The number of hydrogen-bond acceptors (Lipinski definition) is 5. The topological polar surface area (TPSA) is 81.8 Å². The molecule has 0 spiro atoms. The molecule has 174 valence electrons. The summed E-state index contributed by atoms with van der Waals surface area (Å²) in [5.74, 6) is -0.645. The number of amides is 1. The molecule has 0 radical (unpaired) electrons. The Morgan fingerprint density at radius 2 is 1.85 bits per heavy atom. The Morgan fingerprint density at radius 3 is 2.45 bits per heavy atom. The SMILES string of the molecule is CCOC(=O)c1c(C)c(C(=O)[C@H](C)N(Cc2ccco2)C(=O)c2ccccc2Cl)c(C)n1C. The molecule has 2 aromatic heterocycles. The van der Waals surface area contributed by atoms with Crippen LogP contribution in [0.3, 0.4) is 0 Å². The minimum Gasteiger partial charge on any atom is -0.467 e. The maximum Gasteiger partial charge on any atom is 0.355 e. The Balaban J connectivity index is 2.03. The van der Waals surface area contributed by atoms with Gasteiger partial charge < -0.3 is 18.6 Å². The molecule has 0 N–H and O–H groups in total. The molecule has 0 aliphatic rings. The molecule has 33 heavy (non-hydrogen) atoms. The first-order valence-corrected chi connectivity index (χ1v) is 11.0. The van der Waals surface area contributed by atoms with Crippen molar-refractivity contribution in [1.29, 1.82) is 0 Å². The lowest BCUT2D eigenvalue weighted by molar-refractivity contribution is 0.0513. The standard InChI is InChI=1S/C25H27ClN2O5/c1-6-32-25(31)22-15(2)21(16(3)27(22)5)23(29)17(4)28(14-18-10-9-13-33-18)24(30)19-11-7-8-12-20(19)26/h7-13,17H,6,14H2,1-5H3/t17-/m0/s1. The quantitative estimate of drug-likeness (QED) is 0.342. The van der Waals surface area contributed by atoms with E-state index in [1.54, 1.807) is 75.7 Å². The van der Waals surface area contributed by atoms with Crippen molar-refractivity contribution in [2.45, 2.75) is 40.3 Å². The largest absolute Gasteiger partial charge is 0.467 e. The lowest BCUT2D eigenvalue weighted by Gasteiger charge is -2.28. The van der Waals surface area contributed by atoms with Gasteiger partial charge in [-0.05, 0) is 57.5 Å². The molecule has 2 heterocycles. The highest BCUT2D eigenvalue weighted by molar-refractivity contribution is 6.33. The van der Waals surface area contributed by atoms with Crippen LogP contribution in [0.5, 0.6) is 0 Å². The van der Waals surface area contributed by atoms with Gasteiger partial charge in [-0.2, -0.15) is 0 Å². The van der Waals surface area contributed by atoms with Crippen LogP contribution in [0.2, 0.25) is 5.02 Å². The van der Waals surface area contributed by atoms with Crippen molar-refractivity contribution in [2.24, 2.45) is 7.05 Å². The van der Waals surface area contributed by atoms with Crippen LogP contribution in [0.15, 0.2) is 47.1 Å². The van der Waals surface area contributed by atoms with Crippen molar-refractivity contribution in [3.05, 3.63) is 81.5 Å². The monoisotopic (exact) mass is 470 g/mol. The first kappa shape index (κ1) is 24.3. The minimum absolute atomic E-state index is 0.0830. The number of furan rings is 1. The summed E-state index contributed by atoms with van der Waals surface area (Å²) in [5, 5.41) is 0.295. The summed E-state index contributed by atoms with van der Waals surface area (Å²) in [6.45, 7) is 7.18. The van der Waals surface area contributed by atoms with Crippen LogP contribution in [0.25, 0.3) is 0 Å². The summed E-state index contributed by atoms with van der Waals surface area (Å²) in [7, 11) is 1.71. The van der Waals surface area contributed by atoms with Crippen molar-refractivity contribution < 1.29 is 23.5 Å². The highest BCUT2D eigenvalue weighted by Crippen LogP contribution is 2.27. The van der Waals surface area contributed by atoms with Crippen LogP contribution >= 0.6 is 11.6 Å². The molecular formula is C25H27ClN2O5. The number of benzene rings is 1. The average Bonchev–Trinajstić information content (AvgIpc) is 3.37. The zero-order valence-corrected chi connectivity index (χ0v) is 20.1. The van der Waals surface area contributed by atoms with E-state index in [9.17, 15) is 14.4 Å². The smallest absolute Gasteiger partial charge is 0.355 e. The van der Waals surface area contributed by atoms with E-state index in [-0.39, 0.29) is 18.9 Å². The predicted octanol–water partition coefficient (Wildman–Crippen LogP) is 4.98. The minimum atomic E-state index is -0.853. The zero-order chi connectivity index (χ0) is 24.3. The van der Waals surface area contributed by atoms with Gasteiger partial charge in [0.15, 0.2) is 5.78 Å². The predicted molar refractivity (Wildman–Crippen MR) is 125 cm³/mol. The number of ether oxygens (including phenoxy) is 1. The fourth-order valence-corrected chi connectivity index (χ4v) is 4.14. The molecule has 0 unspecified atom stereocenters. The van der Waals surface area contributed by atoms with Gasteiger partial charge >= 0.3 is 5.97 Å². The van der Waals surface area contributed by atoms with E-state index >= 15 is 0 Å². The number of ketones is 1. The van der Waals surface area contributed by atoms with E-state index in [0.29, 0.717) is 38.9 Å². The van der Waals surface area contributed by atoms with Gasteiger partial charge in [0, 0.05) is 18.3 Å². The Bertz CT molecular complexity index is 1180. The van der Waals surface area contributed by atoms with E-state index < -0.39 is 17.9 Å². The fraction of sp³-hybridized carbons (Fsp3) is 0.320. The number of halogens is 1. The van der Waals surface area contributed by atoms with Gasteiger partial charge in [0.05, 0.1) is 36.0 Å². The molecule has 0 bridgehead atoms. The summed E-state index contributed by atoms with van der Waals surface area (Å²) in [6.07, 6.45) is 1.51. The molecule has 8 heteroatoms. The maximum absolute atomic E-state index is 13.7. The summed E-state index contributed by atoms with van der Waals surface area (Å²) in [4.78, 5) is 41.1. The Morgan fingerprint density at radius 1 is 1.15 bits per heavy atom. The van der Waals surface area contributed by atoms with Gasteiger partial charge in [-0.3, -0.25) is 9.59 Å². The summed E-state index contributed by atoms with van der Waals surface area (Å²) < 4.78 is 12.3. The number of nitrogens with zero attached hydrogens (tertiary/aromatic N) is 2. The normalized spacial score (nSPS) is 11.8. The molecule has 7 nitrogen and oxygen atoms in total. The van der Waals surface area contributed by atoms with Crippen molar-refractivity contribution in [2.75, 3.05) is 6.61 Å². The van der Waals surface area contributed by atoms with Crippen LogP contribution in [0.1, 0.15) is 62.1 Å². The highest BCUT2D eigenvalue weighted by Gasteiger charge is 2.33. The van der Waals surface area contributed by atoms with E-state index in [0.717, 1.165) is 0 Å². The third kappa shape index (κ3) is 4.73. The van der Waals surface area contributed by atoms with Crippen LogP contribution in [0, 0.1) is 13.8 Å². The van der Waals surface area contributed by atoms with E-state index in [4.69, 9.17) is 20.8 Å². The Kier molecular flexibility index (Phi) is 7.43. The van der Waals surface area contributed by atoms with Crippen LogP contribution in [0.4, 0.5) is 0 Å². The fourth-order valence-electron chi connectivity index (χ4n) is 3.92. The first-order chi connectivity index (χ1) is 15.7. The lowest BCUT2D eigenvalue weighted by Crippen LogP contribution is -2.43. The number of rotatable bonds is 8. The molecular weight excluding hydrogens is 444 g/mol. The molecule has 0 aliphatic carbocycles. The molecule has 3 aromatic rings. The molecule has 1 amide bonds. The number of carbonyl (C=O) groups is 3. The van der Waals surface area contributed by atoms with Crippen molar-refractivity contribution in [3.63, 3.8) is 0 Å². The molecule has 0 aliphatic heterocycles. The van der Waals surface area contributed by atoms with Gasteiger partial charge in [-0.15, -0.1) is 0 Å². The molecule has 1 aromatic carbocycles. The van der Waals surface area contributed by atoms with Crippen LogP contribution in [-0.2, 0) is 18.3 Å². The lowest BCUT2D eigenvalue weighted by atomic mass is 9.99. The first-order valence-electron chi connectivity index (χ1n) is 10.6. The van der Waals surface area contributed by atoms with Gasteiger partial charge in [-0.25, -0.2) is 4.79 Å². The number of Topliss-reactive ketones (excluding diaryl/α,β-unsaturated/α-hetero) is 1.